The first-order valence-electron chi connectivity index (χ1n) is 15.1. The molecule has 0 saturated heterocycles. The van der Waals surface area contributed by atoms with Gasteiger partial charge in [-0.15, -0.1) is 0 Å². The topological polar surface area (TPSA) is 140 Å². The monoisotopic (exact) mass is 661 g/mol. The molecule has 0 fully saturated rings. The van der Waals surface area contributed by atoms with Crippen LogP contribution in [0.3, 0.4) is 0 Å². The fraction of sp³-hybridized carbons (Fsp3) is 0.469. The number of carbonyl (C=O) groups excluding carboxylic acids is 1. The second-order valence-corrected chi connectivity index (χ2v) is 21.6. The lowest BCUT2D eigenvalue weighted by Gasteiger charge is -2.39. The van der Waals surface area contributed by atoms with Crippen LogP contribution >= 0.6 is 7.14 Å². The first kappa shape index (κ1) is 35.3. The number of nitrogens with one attached hydrogen (secondary N) is 1. The SMILES string of the molecule is COCCOc1nc(P(C)(C)=O)ccc1Nc1nccc(-c2cc(C#N)c3c(c2)[C@@](C)(CO[Si](C)(C)C(C)(C)C)CN3[B]C=O)n1. The van der Waals surface area contributed by atoms with Crippen molar-refractivity contribution in [1.29, 1.82) is 5.26 Å². The molecule has 46 heavy (non-hydrogen) atoms. The van der Waals surface area contributed by atoms with Crippen LogP contribution in [0.1, 0.15) is 38.8 Å². The lowest BCUT2D eigenvalue weighted by atomic mass is 9.83. The molecule has 11 nitrogen and oxygen atoms in total. The maximum atomic E-state index is 12.7. The zero-order chi connectivity index (χ0) is 33.9. The lowest BCUT2D eigenvalue weighted by Crippen LogP contribution is -2.46. The van der Waals surface area contributed by atoms with Crippen LogP contribution in [-0.2, 0) is 23.9 Å². The van der Waals surface area contributed by atoms with E-state index in [0.717, 1.165) is 17.3 Å². The molecule has 1 aromatic carbocycles. The number of rotatable bonds is 13. The number of nitriles is 1. The van der Waals surface area contributed by atoms with Gasteiger partial charge in [-0.1, -0.05) is 27.7 Å². The standard InChI is InChI=1S/C32H43BN6O5PSi/c1-31(2,3)46(8,9)44-20-32(4)19-39(33-21-40)28-23(18-34)16-22(17-24(28)32)25-12-13-35-30(36-25)37-26-10-11-27(45(6,7)41)38-29(26)43-15-14-42-5/h10-13,16-17,21H,14-15,19-20H2,1-9H3,(H,35,36,37)/t32-/m1/s1. The van der Waals surface area contributed by atoms with Crippen molar-refractivity contribution in [2.24, 2.45) is 0 Å². The number of aromatic nitrogens is 3. The molecule has 3 heterocycles. The van der Waals surface area contributed by atoms with Crippen LogP contribution in [0.2, 0.25) is 18.1 Å². The van der Waals surface area contributed by atoms with Crippen LogP contribution in [0.4, 0.5) is 17.3 Å². The number of methoxy groups -OCH3 is 1. The second-order valence-electron chi connectivity index (χ2n) is 13.7. The summed E-state index contributed by atoms with van der Waals surface area (Å²) in [5.74, 6) is 0.555. The van der Waals surface area contributed by atoms with Gasteiger partial charge in [0.2, 0.25) is 11.8 Å². The van der Waals surface area contributed by atoms with Crippen LogP contribution in [0.15, 0.2) is 36.5 Å². The van der Waals surface area contributed by atoms with Crippen molar-refractivity contribution in [1.82, 2.24) is 15.0 Å². The minimum absolute atomic E-state index is 0.0285. The van der Waals surface area contributed by atoms with Gasteiger partial charge in [0.25, 0.3) is 0 Å². The van der Waals surface area contributed by atoms with Crippen molar-refractivity contribution in [3.63, 3.8) is 0 Å². The molecule has 0 unspecified atom stereocenters. The highest BCUT2D eigenvalue weighted by Gasteiger charge is 2.44. The fourth-order valence-electron chi connectivity index (χ4n) is 4.92. The molecule has 0 spiro atoms. The Bertz CT molecular complexity index is 1690. The highest BCUT2D eigenvalue weighted by molar-refractivity contribution is 7.69. The first-order valence-corrected chi connectivity index (χ1v) is 20.6. The van der Waals surface area contributed by atoms with E-state index >= 15 is 0 Å². The number of pyridine rings is 1. The van der Waals surface area contributed by atoms with E-state index in [4.69, 9.17) is 18.9 Å². The van der Waals surface area contributed by atoms with E-state index in [1.165, 1.54) is 7.41 Å². The van der Waals surface area contributed by atoms with Crippen molar-refractivity contribution < 1.29 is 23.3 Å². The van der Waals surface area contributed by atoms with Gasteiger partial charge in [-0.25, -0.2) is 15.0 Å². The number of carbonyl (C=O) groups is 1. The van der Waals surface area contributed by atoms with Crippen LogP contribution in [0, 0.1) is 11.3 Å². The van der Waals surface area contributed by atoms with Crippen molar-refractivity contribution in [2.75, 3.05) is 56.9 Å². The van der Waals surface area contributed by atoms with E-state index in [1.54, 1.807) is 50.9 Å². The number of anilines is 3. The molecule has 3 aromatic rings. The normalized spacial score (nSPS) is 16.5. The predicted molar refractivity (Wildman–Crippen MR) is 187 cm³/mol. The molecule has 14 heteroatoms. The van der Waals surface area contributed by atoms with Crippen LogP contribution in [0.25, 0.3) is 11.3 Å². The second kappa shape index (κ2) is 13.7. The third kappa shape index (κ3) is 7.69. The van der Waals surface area contributed by atoms with Gasteiger partial charge < -0.3 is 33.4 Å². The number of nitrogens with zero attached hydrogens (tertiary/aromatic N) is 5. The summed E-state index contributed by atoms with van der Waals surface area (Å²) in [4.78, 5) is 27.1. The molecule has 1 aliphatic rings. The maximum absolute atomic E-state index is 12.7. The molecule has 0 aliphatic carbocycles. The van der Waals surface area contributed by atoms with E-state index in [9.17, 15) is 14.6 Å². The van der Waals surface area contributed by atoms with Gasteiger partial charge >= 0.3 is 7.41 Å². The summed E-state index contributed by atoms with van der Waals surface area (Å²) in [5.41, 5.74) is 3.86. The zero-order valence-electron chi connectivity index (χ0n) is 28.2. The molecule has 1 radical (unpaired) electrons. The van der Waals surface area contributed by atoms with Crippen molar-refractivity contribution in [3.05, 3.63) is 47.7 Å². The Balaban J connectivity index is 1.73. The molecule has 0 bridgehead atoms. The van der Waals surface area contributed by atoms with E-state index in [2.05, 4.69) is 62.1 Å². The Kier molecular flexibility index (Phi) is 10.5. The average Bonchev–Trinajstić information content (AvgIpc) is 3.27. The van der Waals surface area contributed by atoms with Gasteiger partial charge in [-0.05, 0) is 67.4 Å². The minimum Gasteiger partial charge on any atom is -0.474 e. The Morgan fingerprint density at radius 1 is 1.20 bits per heavy atom. The highest BCUT2D eigenvalue weighted by atomic mass is 31.2. The summed E-state index contributed by atoms with van der Waals surface area (Å²) < 4.78 is 30.4. The molecule has 243 valence electrons. The van der Waals surface area contributed by atoms with Crippen molar-refractivity contribution in [3.8, 4) is 23.2 Å². The zero-order valence-corrected chi connectivity index (χ0v) is 30.1. The number of hydrogen-bond donors (Lipinski definition) is 1. The highest BCUT2D eigenvalue weighted by Crippen LogP contribution is 2.46. The van der Waals surface area contributed by atoms with E-state index in [0.29, 0.717) is 53.8 Å². The lowest BCUT2D eigenvalue weighted by molar-refractivity contribution is 0.144. The Hall–Kier alpha value is -3.56. The molecule has 0 amide bonds. The molecule has 0 saturated carbocycles. The van der Waals surface area contributed by atoms with Crippen molar-refractivity contribution >= 4 is 51.8 Å². The third-order valence-corrected chi connectivity index (χ3v) is 14.4. The van der Waals surface area contributed by atoms with Gasteiger partial charge in [0.15, 0.2) is 8.32 Å². The summed E-state index contributed by atoms with van der Waals surface area (Å²) in [7, 11) is -1.66. The summed E-state index contributed by atoms with van der Waals surface area (Å²) in [6, 6.07) is 11.4. The Morgan fingerprint density at radius 2 is 1.93 bits per heavy atom. The number of fused-ring (bicyclic) bond motifs is 1. The van der Waals surface area contributed by atoms with Crippen LogP contribution in [-0.4, -0.2) is 83.7 Å². The minimum atomic E-state index is -2.63. The molecule has 2 aromatic heterocycles. The first-order chi connectivity index (χ1) is 21.5. The van der Waals surface area contributed by atoms with Gasteiger partial charge in [-0.2, -0.15) is 5.26 Å². The molecule has 1 atom stereocenters. The smallest absolute Gasteiger partial charge is 0.329 e. The Labute approximate surface area is 273 Å². The number of hydrogen-bond acceptors (Lipinski definition) is 11. The Morgan fingerprint density at radius 3 is 2.57 bits per heavy atom. The predicted octanol–water partition coefficient (Wildman–Crippen LogP) is 5.34. The number of ether oxygens (including phenoxy) is 2. The molecule has 1 aliphatic heterocycles. The fourth-order valence-corrected chi connectivity index (χ4v) is 6.79. The molecular formula is C32H43BN6O5PSi. The van der Waals surface area contributed by atoms with E-state index in [1.807, 2.05) is 10.9 Å². The molecular weight excluding hydrogens is 618 g/mol. The summed E-state index contributed by atoms with van der Waals surface area (Å²) >= 11 is 0. The van der Waals surface area contributed by atoms with Gasteiger partial charge in [0.1, 0.15) is 37.1 Å². The van der Waals surface area contributed by atoms with Gasteiger partial charge in [-0.3, -0.25) is 0 Å². The van der Waals surface area contributed by atoms with Crippen LogP contribution < -0.4 is 20.3 Å². The molecule has 4 rings (SSSR count). The summed E-state index contributed by atoms with van der Waals surface area (Å²) in [5, 5.41) is 13.5. The maximum Gasteiger partial charge on any atom is 0.329 e. The quantitative estimate of drug-likeness (QED) is 0.110. The van der Waals surface area contributed by atoms with Gasteiger partial charge in [0.05, 0.1) is 17.9 Å². The third-order valence-electron chi connectivity index (χ3n) is 8.61. The molecule has 1 N–H and O–H groups in total. The summed E-state index contributed by atoms with van der Waals surface area (Å²) in [6.07, 6.45) is 2.38. The van der Waals surface area contributed by atoms with Crippen LogP contribution in [0.5, 0.6) is 5.88 Å². The largest absolute Gasteiger partial charge is 0.474 e. The average molecular weight is 662 g/mol. The van der Waals surface area contributed by atoms with E-state index < -0.39 is 20.9 Å². The van der Waals surface area contributed by atoms with E-state index in [-0.39, 0.29) is 17.5 Å². The summed E-state index contributed by atoms with van der Waals surface area (Å²) in [6.45, 7) is 18.0. The number of benzene rings is 1. The van der Waals surface area contributed by atoms with Crippen molar-refractivity contribution in [2.45, 2.75) is 51.2 Å². The van der Waals surface area contributed by atoms with Gasteiger partial charge in [0, 0.05) is 43.1 Å².